The number of hydrogen-bond donors (Lipinski definition) is 2. The van der Waals surface area contributed by atoms with Gasteiger partial charge >= 0.3 is 11.8 Å². The Morgan fingerprint density at radius 2 is 2.06 bits per heavy atom. The highest BCUT2D eigenvalue weighted by Crippen LogP contribution is 2.18. The van der Waals surface area contributed by atoms with Crippen molar-refractivity contribution in [2.45, 2.75) is 13.0 Å². The molecule has 0 aromatic heterocycles. The zero-order chi connectivity index (χ0) is 13.7. The van der Waals surface area contributed by atoms with Gasteiger partial charge in [-0.2, -0.15) is 0 Å². The van der Waals surface area contributed by atoms with Crippen LogP contribution in [0.5, 0.6) is 0 Å². The minimum absolute atomic E-state index is 0.00759. The Morgan fingerprint density at radius 1 is 1.39 bits per heavy atom. The number of nitrogens with one attached hydrogen (secondary N) is 1. The summed E-state index contributed by atoms with van der Waals surface area (Å²) in [6.07, 6.45) is 0. The molecule has 1 rings (SSSR count). The fraction of sp³-hybridized carbons (Fsp3) is 0.385. The average molecular weight is 249 g/mol. The lowest BCUT2D eigenvalue weighted by Crippen LogP contribution is -2.40. The van der Waals surface area contributed by atoms with Crippen LogP contribution < -0.4 is 11.1 Å². The molecule has 0 spiro atoms. The summed E-state index contributed by atoms with van der Waals surface area (Å²) in [6.45, 7) is 2.36. The van der Waals surface area contributed by atoms with Gasteiger partial charge < -0.3 is 16.0 Å². The normalized spacial score (nSPS) is 12.2. The summed E-state index contributed by atoms with van der Waals surface area (Å²) in [6, 6.07) is 8.04. The quantitative estimate of drug-likeness (QED) is 0.748. The third-order valence-corrected chi connectivity index (χ3v) is 2.73. The smallest absolute Gasteiger partial charge is 0.309 e. The Morgan fingerprint density at radius 3 is 2.56 bits per heavy atom. The number of benzene rings is 1. The van der Waals surface area contributed by atoms with Crippen LogP contribution in [-0.2, 0) is 9.59 Å². The topological polar surface area (TPSA) is 75.4 Å². The van der Waals surface area contributed by atoms with Gasteiger partial charge in [-0.15, -0.1) is 0 Å². The lowest BCUT2D eigenvalue weighted by molar-refractivity contribution is -0.137. The van der Waals surface area contributed by atoms with Gasteiger partial charge in [0.15, 0.2) is 0 Å². The predicted molar refractivity (Wildman–Crippen MR) is 69.8 cm³/mol. The Bertz CT molecular complexity index is 444. The number of hydrogen-bond acceptors (Lipinski definition) is 3. The summed E-state index contributed by atoms with van der Waals surface area (Å²) in [4.78, 5) is 23.8. The number of carbonyl (C=O) groups excluding carboxylic acids is 2. The van der Waals surface area contributed by atoms with Gasteiger partial charge in [0.1, 0.15) is 0 Å². The van der Waals surface area contributed by atoms with Crippen LogP contribution >= 0.6 is 0 Å². The number of amides is 2. The van der Waals surface area contributed by atoms with Gasteiger partial charge in [-0.3, -0.25) is 9.59 Å². The van der Waals surface area contributed by atoms with Crippen LogP contribution in [0.2, 0.25) is 0 Å². The number of nitrogens with two attached hydrogens (primary N) is 1. The average Bonchev–Trinajstić information content (AvgIpc) is 2.28. The first-order valence-electron chi connectivity index (χ1n) is 5.72. The number of primary amides is 1. The fourth-order valence-electron chi connectivity index (χ4n) is 1.75. The minimum Gasteiger partial charge on any atom is -0.361 e. The second-order valence-electron chi connectivity index (χ2n) is 4.47. The van der Waals surface area contributed by atoms with E-state index in [1.807, 2.05) is 44.1 Å². The lowest BCUT2D eigenvalue weighted by atomic mass is 10.0. The molecule has 0 fully saturated rings. The molecule has 0 aliphatic heterocycles. The first-order chi connectivity index (χ1) is 8.41. The maximum Gasteiger partial charge on any atom is 0.309 e. The van der Waals surface area contributed by atoms with E-state index in [0.717, 1.165) is 11.1 Å². The van der Waals surface area contributed by atoms with Crippen molar-refractivity contribution in [1.82, 2.24) is 10.2 Å². The maximum atomic E-state index is 11.2. The van der Waals surface area contributed by atoms with Crippen LogP contribution in [0.1, 0.15) is 17.2 Å². The van der Waals surface area contributed by atoms with E-state index >= 15 is 0 Å². The number of carbonyl (C=O) groups is 2. The van der Waals surface area contributed by atoms with E-state index in [1.54, 1.807) is 0 Å². The van der Waals surface area contributed by atoms with Gasteiger partial charge in [-0.1, -0.05) is 29.8 Å². The molecule has 0 unspecified atom stereocenters. The van der Waals surface area contributed by atoms with Gasteiger partial charge in [-0.05, 0) is 26.6 Å². The molecule has 1 aromatic rings. The lowest BCUT2D eigenvalue weighted by Gasteiger charge is -2.25. The summed E-state index contributed by atoms with van der Waals surface area (Å²) in [7, 11) is 3.84. The van der Waals surface area contributed by atoms with E-state index in [0.29, 0.717) is 6.54 Å². The number of likely N-dealkylation sites (N-methyl/N-ethyl adjacent to an activating group) is 1. The molecule has 0 aliphatic carbocycles. The largest absolute Gasteiger partial charge is 0.361 e. The molecule has 0 bridgehead atoms. The number of nitrogens with zero attached hydrogens (tertiary/aromatic N) is 1. The standard InChI is InChI=1S/C13H19N3O2/c1-9-5-4-6-10(7-9)11(16(2)3)8-15-13(18)12(14)17/h4-7,11H,8H2,1-3H3,(H2,14,17)(H,15,18)/t11-/m0/s1. The SMILES string of the molecule is Cc1cccc([C@H](CNC(=O)C(N)=O)N(C)C)c1. The molecule has 2 amide bonds. The zero-order valence-corrected chi connectivity index (χ0v) is 10.9. The second kappa shape index (κ2) is 6.16. The highest BCUT2D eigenvalue weighted by Gasteiger charge is 2.16. The van der Waals surface area contributed by atoms with Crippen molar-refractivity contribution in [3.8, 4) is 0 Å². The third kappa shape index (κ3) is 3.85. The van der Waals surface area contributed by atoms with E-state index in [4.69, 9.17) is 5.73 Å². The van der Waals surface area contributed by atoms with Crippen molar-refractivity contribution >= 4 is 11.8 Å². The maximum absolute atomic E-state index is 11.2. The van der Waals surface area contributed by atoms with Gasteiger partial charge in [0.05, 0.1) is 6.04 Å². The number of aryl methyl sites for hydroxylation is 1. The van der Waals surface area contributed by atoms with E-state index in [1.165, 1.54) is 0 Å². The minimum atomic E-state index is -0.961. The molecule has 0 saturated heterocycles. The van der Waals surface area contributed by atoms with Crippen molar-refractivity contribution in [2.24, 2.45) is 5.73 Å². The summed E-state index contributed by atoms with van der Waals surface area (Å²) < 4.78 is 0. The van der Waals surface area contributed by atoms with Crippen LogP contribution in [0.25, 0.3) is 0 Å². The van der Waals surface area contributed by atoms with Crippen LogP contribution in [0, 0.1) is 6.92 Å². The second-order valence-corrected chi connectivity index (χ2v) is 4.47. The van der Waals surface area contributed by atoms with Crippen molar-refractivity contribution in [1.29, 1.82) is 0 Å². The molecule has 3 N–H and O–H groups in total. The highest BCUT2D eigenvalue weighted by atomic mass is 16.2. The van der Waals surface area contributed by atoms with Crippen LogP contribution in [0.4, 0.5) is 0 Å². The zero-order valence-electron chi connectivity index (χ0n) is 10.9. The molecule has 0 saturated carbocycles. The highest BCUT2D eigenvalue weighted by molar-refractivity contribution is 6.34. The molecule has 0 heterocycles. The van der Waals surface area contributed by atoms with E-state index < -0.39 is 11.8 Å². The molecule has 0 aliphatic rings. The van der Waals surface area contributed by atoms with Crippen LogP contribution in [0.3, 0.4) is 0 Å². The van der Waals surface area contributed by atoms with Gasteiger partial charge in [-0.25, -0.2) is 0 Å². The molecular weight excluding hydrogens is 230 g/mol. The van der Waals surface area contributed by atoms with E-state index in [2.05, 4.69) is 11.4 Å². The van der Waals surface area contributed by atoms with Crippen LogP contribution in [-0.4, -0.2) is 37.4 Å². The predicted octanol–water partition coefficient (Wildman–Crippen LogP) is 0.199. The molecule has 18 heavy (non-hydrogen) atoms. The molecule has 1 aromatic carbocycles. The van der Waals surface area contributed by atoms with Gasteiger partial charge in [0.2, 0.25) is 0 Å². The summed E-state index contributed by atoms with van der Waals surface area (Å²) in [5.74, 6) is -1.72. The molecule has 1 atom stereocenters. The Hall–Kier alpha value is -1.88. The molecule has 0 radical (unpaired) electrons. The Balaban J connectivity index is 2.78. The van der Waals surface area contributed by atoms with Crippen molar-refractivity contribution in [3.05, 3.63) is 35.4 Å². The van der Waals surface area contributed by atoms with Crippen molar-refractivity contribution in [3.63, 3.8) is 0 Å². The van der Waals surface area contributed by atoms with Gasteiger partial charge in [0, 0.05) is 6.54 Å². The summed E-state index contributed by atoms with van der Waals surface area (Å²) in [5, 5.41) is 2.53. The first-order valence-corrected chi connectivity index (χ1v) is 5.72. The van der Waals surface area contributed by atoms with Crippen molar-refractivity contribution < 1.29 is 9.59 Å². The summed E-state index contributed by atoms with van der Waals surface area (Å²) >= 11 is 0. The van der Waals surface area contributed by atoms with Gasteiger partial charge in [0.25, 0.3) is 0 Å². The summed E-state index contributed by atoms with van der Waals surface area (Å²) in [5.41, 5.74) is 7.14. The van der Waals surface area contributed by atoms with Crippen LogP contribution in [0.15, 0.2) is 24.3 Å². The third-order valence-electron chi connectivity index (χ3n) is 2.73. The van der Waals surface area contributed by atoms with E-state index in [9.17, 15) is 9.59 Å². The van der Waals surface area contributed by atoms with Crippen molar-refractivity contribution in [2.75, 3.05) is 20.6 Å². The Labute approximate surface area is 107 Å². The molecule has 98 valence electrons. The molecule has 5 heteroatoms. The molecular formula is C13H19N3O2. The molecule has 5 nitrogen and oxygen atoms in total. The Kier molecular flexibility index (Phi) is 4.85. The fourth-order valence-corrected chi connectivity index (χ4v) is 1.75. The van der Waals surface area contributed by atoms with E-state index in [-0.39, 0.29) is 6.04 Å². The monoisotopic (exact) mass is 249 g/mol. The first kappa shape index (κ1) is 14.2. The number of rotatable bonds is 4.